The van der Waals surface area contributed by atoms with E-state index in [4.69, 9.17) is 21.4 Å². The van der Waals surface area contributed by atoms with Crippen LogP contribution in [0, 0.1) is 0 Å². The fourth-order valence-electron chi connectivity index (χ4n) is 2.02. The van der Waals surface area contributed by atoms with Gasteiger partial charge in [-0.25, -0.2) is 0 Å². The summed E-state index contributed by atoms with van der Waals surface area (Å²) in [6, 6.07) is 10.6. The fourth-order valence-corrected chi connectivity index (χ4v) is 2.14. The van der Waals surface area contributed by atoms with Crippen molar-refractivity contribution < 1.29 is 14.6 Å². The Morgan fingerprint density at radius 3 is 2.57 bits per heavy atom. The number of carbonyl (C=O) groups excluding carboxylic acids is 1. The van der Waals surface area contributed by atoms with Gasteiger partial charge in [0.2, 0.25) is 0 Å². The molecule has 122 valence electrons. The lowest BCUT2D eigenvalue weighted by Crippen LogP contribution is -2.33. The summed E-state index contributed by atoms with van der Waals surface area (Å²) in [6.07, 6.45) is 1.49. The van der Waals surface area contributed by atoms with Crippen LogP contribution in [0.1, 0.15) is 24.2 Å². The first-order valence-corrected chi connectivity index (χ1v) is 7.58. The molecule has 0 aliphatic carbocycles. The summed E-state index contributed by atoms with van der Waals surface area (Å²) in [6.45, 7) is 1.74. The first kappa shape index (κ1) is 17.2. The summed E-state index contributed by atoms with van der Waals surface area (Å²) < 4.78 is 5.44. The van der Waals surface area contributed by atoms with Crippen LogP contribution >= 0.6 is 11.6 Å². The predicted molar refractivity (Wildman–Crippen MR) is 88.3 cm³/mol. The molecule has 5 nitrogen and oxygen atoms in total. The molecule has 1 N–H and O–H groups in total. The minimum atomic E-state index is -0.140. The van der Waals surface area contributed by atoms with Crippen molar-refractivity contribution in [1.29, 1.82) is 0 Å². The molecule has 1 unspecified atom stereocenters. The molecule has 1 amide bonds. The molecule has 0 spiro atoms. The van der Waals surface area contributed by atoms with E-state index in [0.717, 1.165) is 5.56 Å². The Balaban J connectivity index is 1.92. The highest BCUT2D eigenvalue weighted by Gasteiger charge is 2.17. The van der Waals surface area contributed by atoms with E-state index >= 15 is 0 Å². The number of aromatic nitrogens is 1. The summed E-state index contributed by atoms with van der Waals surface area (Å²) in [5, 5.41) is 9.60. The maximum Gasteiger partial charge on any atom is 0.260 e. The molecule has 0 saturated heterocycles. The van der Waals surface area contributed by atoms with Gasteiger partial charge in [0.05, 0.1) is 24.5 Å². The van der Waals surface area contributed by atoms with Crippen molar-refractivity contribution >= 4 is 17.5 Å². The lowest BCUT2D eigenvalue weighted by atomic mass is 10.1. The Kier molecular flexibility index (Phi) is 5.96. The normalized spacial score (nSPS) is 11.8. The van der Waals surface area contributed by atoms with Crippen LogP contribution in [0.25, 0.3) is 0 Å². The smallest absolute Gasteiger partial charge is 0.260 e. The zero-order valence-corrected chi connectivity index (χ0v) is 13.8. The van der Waals surface area contributed by atoms with Crippen LogP contribution in [0.4, 0.5) is 0 Å². The second-order valence-electron chi connectivity index (χ2n) is 5.16. The van der Waals surface area contributed by atoms with Crippen LogP contribution in [-0.2, 0) is 11.4 Å². The van der Waals surface area contributed by atoms with Gasteiger partial charge < -0.3 is 14.7 Å². The third-order valence-corrected chi connectivity index (χ3v) is 3.90. The highest BCUT2D eigenvalue weighted by molar-refractivity contribution is 6.30. The molecule has 0 aliphatic heterocycles. The third-order valence-electron chi connectivity index (χ3n) is 3.65. The standard InChI is InChI=1S/C17H19ClN2O3/c1-12(13-3-5-14(18)6-4-13)20(2)17(22)11-23-16-8-7-15(10-21)19-9-16/h3-9,12,21H,10-11H2,1-2H3. The molecule has 2 rings (SSSR count). The molecular weight excluding hydrogens is 316 g/mol. The van der Waals surface area contributed by atoms with Crippen molar-refractivity contribution in [1.82, 2.24) is 9.88 Å². The van der Waals surface area contributed by atoms with Crippen molar-refractivity contribution in [3.63, 3.8) is 0 Å². The van der Waals surface area contributed by atoms with Gasteiger partial charge in [0.15, 0.2) is 6.61 Å². The Morgan fingerprint density at radius 2 is 2.00 bits per heavy atom. The number of benzene rings is 1. The molecular formula is C17H19ClN2O3. The summed E-state index contributed by atoms with van der Waals surface area (Å²) in [4.78, 5) is 17.9. The zero-order chi connectivity index (χ0) is 16.8. The number of hydrogen-bond acceptors (Lipinski definition) is 4. The van der Waals surface area contributed by atoms with Gasteiger partial charge in [0.25, 0.3) is 5.91 Å². The Labute approximate surface area is 140 Å². The molecule has 0 aliphatic rings. The number of ether oxygens (including phenoxy) is 1. The number of amides is 1. The lowest BCUT2D eigenvalue weighted by molar-refractivity contribution is -0.134. The molecule has 23 heavy (non-hydrogen) atoms. The number of hydrogen-bond donors (Lipinski definition) is 1. The number of nitrogens with zero attached hydrogens (tertiary/aromatic N) is 2. The van der Waals surface area contributed by atoms with Gasteiger partial charge in [-0.2, -0.15) is 0 Å². The summed E-state index contributed by atoms with van der Waals surface area (Å²) >= 11 is 5.88. The summed E-state index contributed by atoms with van der Waals surface area (Å²) in [5.74, 6) is 0.349. The first-order chi connectivity index (χ1) is 11.0. The van der Waals surface area contributed by atoms with E-state index in [2.05, 4.69) is 4.98 Å². The Bertz CT molecular complexity index is 644. The van der Waals surface area contributed by atoms with Crippen LogP contribution in [-0.4, -0.2) is 34.6 Å². The largest absolute Gasteiger partial charge is 0.482 e. The van der Waals surface area contributed by atoms with Crippen molar-refractivity contribution in [2.45, 2.75) is 19.6 Å². The Hall–Kier alpha value is -2.11. The molecule has 1 atom stereocenters. The molecule has 2 aromatic rings. The van der Waals surface area contributed by atoms with Crippen LogP contribution in [0.5, 0.6) is 5.75 Å². The minimum Gasteiger partial charge on any atom is -0.482 e. The Morgan fingerprint density at radius 1 is 1.30 bits per heavy atom. The molecule has 0 saturated carbocycles. The van der Waals surface area contributed by atoms with Gasteiger partial charge in [0, 0.05) is 12.1 Å². The number of aliphatic hydroxyl groups excluding tert-OH is 1. The van der Waals surface area contributed by atoms with Crippen LogP contribution in [0.2, 0.25) is 5.02 Å². The average Bonchev–Trinajstić information content (AvgIpc) is 2.59. The predicted octanol–water partition coefficient (Wildman–Crippen LogP) is 2.83. The van der Waals surface area contributed by atoms with Gasteiger partial charge in [-0.3, -0.25) is 9.78 Å². The van der Waals surface area contributed by atoms with Gasteiger partial charge >= 0.3 is 0 Å². The van der Waals surface area contributed by atoms with E-state index in [1.807, 2.05) is 19.1 Å². The highest BCUT2D eigenvalue weighted by atomic mass is 35.5. The second-order valence-corrected chi connectivity index (χ2v) is 5.60. The van der Waals surface area contributed by atoms with E-state index in [9.17, 15) is 4.79 Å². The highest BCUT2D eigenvalue weighted by Crippen LogP contribution is 2.21. The van der Waals surface area contributed by atoms with Gasteiger partial charge in [-0.1, -0.05) is 23.7 Å². The van der Waals surface area contributed by atoms with Crippen LogP contribution in [0.3, 0.4) is 0 Å². The number of rotatable bonds is 6. The van der Waals surface area contributed by atoms with Crippen molar-refractivity contribution in [2.24, 2.45) is 0 Å². The molecule has 1 aromatic carbocycles. The van der Waals surface area contributed by atoms with Crippen molar-refractivity contribution in [2.75, 3.05) is 13.7 Å². The van der Waals surface area contributed by atoms with E-state index in [1.165, 1.54) is 6.20 Å². The summed E-state index contributed by atoms with van der Waals surface area (Å²) in [7, 11) is 1.73. The molecule has 0 bridgehead atoms. The zero-order valence-electron chi connectivity index (χ0n) is 13.1. The molecule has 0 fully saturated rings. The van der Waals surface area contributed by atoms with Gasteiger partial charge in [-0.05, 0) is 36.8 Å². The molecule has 1 aromatic heterocycles. The van der Waals surface area contributed by atoms with Crippen molar-refractivity contribution in [3.05, 3.63) is 58.9 Å². The van der Waals surface area contributed by atoms with E-state index in [0.29, 0.717) is 16.5 Å². The maximum absolute atomic E-state index is 12.2. The average molecular weight is 335 g/mol. The number of likely N-dealkylation sites (N-methyl/N-ethyl adjacent to an activating group) is 1. The van der Waals surface area contributed by atoms with Crippen LogP contribution in [0.15, 0.2) is 42.6 Å². The molecule has 6 heteroatoms. The first-order valence-electron chi connectivity index (χ1n) is 7.21. The number of carbonyl (C=O) groups is 1. The molecule has 0 radical (unpaired) electrons. The van der Waals surface area contributed by atoms with Gasteiger partial charge in [0.1, 0.15) is 5.75 Å². The quantitative estimate of drug-likeness (QED) is 0.882. The fraction of sp³-hybridized carbons (Fsp3) is 0.294. The lowest BCUT2D eigenvalue weighted by Gasteiger charge is -2.25. The third kappa shape index (κ3) is 4.68. The number of aliphatic hydroxyl groups is 1. The van der Waals surface area contributed by atoms with Crippen LogP contribution < -0.4 is 4.74 Å². The number of halogens is 1. The maximum atomic E-state index is 12.2. The van der Waals surface area contributed by atoms with Gasteiger partial charge in [-0.15, -0.1) is 0 Å². The van der Waals surface area contributed by atoms with E-state index in [-0.39, 0.29) is 25.2 Å². The monoisotopic (exact) mass is 334 g/mol. The van der Waals surface area contributed by atoms with E-state index < -0.39 is 0 Å². The van der Waals surface area contributed by atoms with Crippen molar-refractivity contribution in [3.8, 4) is 5.75 Å². The molecule has 1 heterocycles. The second kappa shape index (κ2) is 7.94. The van der Waals surface area contributed by atoms with E-state index in [1.54, 1.807) is 36.2 Å². The minimum absolute atomic E-state index is 0.0748. The summed E-state index contributed by atoms with van der Waals surface area (Å²) in [5.41, 5.74) is 1.55. The number of pyridine rings is 1. The SMILES string of the molecule is CC(c1ccc(Cl)cc1)N(C)C(=O)COc1ccc(CO)nc1. The topological polar surface area (TPSA) is 62.7 Å².